The zero-order chi connectivity index (χ0) is 8.81. The van der Waals surface area contributed by atoms with Crippen molar-refractivity contribution in [3.8, 4) is 0 Å². The van der Waals surface area contributed by atoms with E-state index in [1.807, 2.05) is 35.8 Å². The molecule has 1 rings (SSSR count). The van der Waals surface area contributed by atoms with Crippen molar-refractivity contribution in [3.63, 3.8) is 0 Å². The van der Waals surface area contributed by atoms with Crippen molar-refractivity contribution in [2.24, 2.45) is 5.84 Å². The van der Waals surface area contributed by atoms with E-state index in [2.05, 4.69) is 0 Å². The Labute approximate surface area is 82.4 Å². The summed E-state index contributed by atoms with van der Waals surface area (Å²) in [6, 6.07) is 9.37. The molecule has 0 atom stereocenters. The number of hydrazine groups is 1. The third-order valence-corrected chi connectivity index (χ3v) is 1.33. The fourth-order valence-electron chi connectivity index (χ4n) is 0.765. The van der Waals surface area contributed by atoms with Crippen LogP contribution >= 0.6 is 0 Å². The highest BCUT2D eigenvalue weighted by atomic mass is 35.5. The zero-order valence-corrected chi connectivity index (χ0v) is 7.62. The largest absolute Gasteiger partial charge is 1.00 e. The van der Waals surface area contributed by atoms with Gasteiger partial charge in [0.1, 0.15) is 6.61 Å². The lowest BCUT2D eigenvalue weighted by Gasteiger charge is -2.02. The quantitative estimate of drug-likeness (QED) is 0.324. The second-order valence-electron chi connectivity index (χ2n) is 2.21. The maximum absolute atomic E-state index is 10.5. The molecule has 1 amide bonds. The predicted molar refractivity (Wildman–Crippen MR) is 44.0 cm³/mol. The van der Waals surface area contributed by atoms with Gasteiger partial charge in [0.2, 0.25) is 0 Å². The first kappa shape index (κ1) is 11.7. The third-order valence-electron chi connectivity index (χ3n) is 1.33. The Morgan fingerprint density at radius 3 is 2.54 bits per heavy atom. The second kappa shape index (κ2) is 6.28. The van der Waals surface area contributed by atoms with Crippen LogP contribution in [0.2, 0.25) is 0 Å². The molecule has 0 saturated carbocycles. The van der Waals surface area contributed by atoms with Crippen molar-refractivity contribution in [1.29, 1.82) is 0 Å². The van der Waals surface area contributed by atoms with Crippen LogP contribution in [0.3, 0.4) is 0 Å². The SMILES string of the molecule is NNC(=O)OCc1ccccc1.[Cl-]. The average molecular weight is 202 g/mol. The molecule has 72 valence electrons. The molecular formula is C8H10ClN2O2-. The van der Waals surface area contributed by atoms with Gasteiger partial charge in [-0.2, -0.15) is 0 Å². The number of amides is 1. The van der Waals surface area contributed by atoms with Crippen LogP contribution in [0.4, 0.5) is 4.79 Å². The number of nitrogens with two attached hydrogens (primary N) is 1. The summed E-state index contributed by atoms with van der Waals surface area (Å²) in [5, 5.41) is 0. The van der Waals surface area contributed by atoms with Crippen LogP contribution in [0.5, 0.6) is 0 Å². The van der Waals surface area contributed by atoms with Gasteiger partial charge in [0.25, 0.3) is 0 Å². The molecule has 1 aromatic rings. The molecule has 0 bridgehead atoms. The number of carbonyl (C=O) groups is 1. The van der Waals surface area contributed by atoms with E-state index in [1.165, 1.54) is 0 Å². The molecule has 13 heavy (non-hydrogen) atoms. The zero-order valence-electron chi connectivity index (χ0n) is 6.87. The fourth-order valence-corrected chi connectivity index (χ4v) is 0.765. The van der Waals surface area contributed by atoms with E-state index in [-0.39, 0.29) is 19.0 Å². The van der Waals surface area contributed by atoms with Crippen molar-refractivity contribution < 1.29 is 21.9 Å². The number of nitrogens with one attached hydrogen (secondary N) is 1. The summed E-state index contributed by atoms with van der Waals surface area (Å²) in [7, 11) is 0. The summed E-state index contributed by atoms with van der Waals surface area (Å²) >= 11 is 0. The van der Waals surface area contributed by atoms with Crippen molar-refractivity contribution in [2.75, 3.05) is 0 Å². The van der Waals surface area contributed by atoms with Gasteiger partial charge < -0.3 is 17.1 Å². The highest BCUT2D eigenvalue weighted by molar-refractivity contribution is 5.66. The Kier molecular flexibility index (Phi) is 5.67. The summed E-state index contributed by atoms with van der Waals surface area (Å²) in [6.07, 6.45) is -0.626. The monoisotopic (exact) mass is 201 g/mol. The van der Waals surface area contributed by atoms with Gasteiger partial charge in [-0.3, -0.25) is 5.43 Å². The van der Waals surface area contributed by atoms with E-state index in [0.29, 0.717) is 0 Å². The number of hydrogen-bond donors (Lipinski definition) is 2. The van der Waals surface area contributed by atoms with Crippen LogP contribution in [-0.4, -0.2) is 6.09 Å². The normalized spacial score (nSPS) is 8.38. The van der Waals surface area contributed by atoms with Crippen LogP contribution in [0.15, 0.2) is 30.3 Å². The smallest absolute Gasteiger partial charge is 0.421 e. The molecule has 1 aromatic carbocycles. The number of ether oxygens (including phenoxy) is 1. The molecular weight excluding hydrogens is 192 g/mol. The van der Waals surface area contributed by atoms with Crippen molar-refractivity contribution in [2.45, 2.75) is 6.61 Å². The van der Waals surface area contributed by atoms with E-state index in [0.717, 1.165) is 5.56 Å². The molecule has 4 nitrogen and oxygen atoms in total. The first-order valence-electron chi connectivity index (χ1n) is 3.50. The molecule has 0 aliphatic heterocycles. The number of benzene rings is 1. The maximum atomic E-state index is 10.5. The minimum absolute atomic E-state index is 0. The molecule has 0 heterocycles. The van der Waals surface area contributed by atoms with Crippen LogP contribution in [0, 0.1) is 0 Å². The molecule has 0 unspecified atom stereocenters. The molecule has 3 N–H and O–H groups in total. The predicted octanol–water partition coefficient (Wildman–Crippen LogP) is -2.21. The van der Waals surface area contributed by atoms with Crippen LogP contribution in [0.25, 0.3) is 0 Å². The van der Waals surface area contributed by atoms with Gasteiger partial charge >= 0.3 is 6.09 Å². The first-order valence-corrected chi connectivity index (χ1v) is 3.50. The van der Waals surface area contributed by atoms with Crippen molar-refractivity contribution >= 4 is 6.09 Å². The van der Waals surface area contributed by atoms with Gasteiger partial charge in [0.05, 0.1) is 0 Å². The third kappa shape index (κ3) is 4.35. The summed E-state index contributed by atoms with van der Waals surface area (Å²) in [6.45, 7) is 0.240. The minimum Gasteiger partial charge on any atom is -1.00 e. The molecule has 0 aromatic heterocycles. The van der Waals surface area contributed by atoms with Crippen LogP contribution < -0.4 is 23.7 Å². The van der Waals surface area contributed by atoms with E-state index < -0.39 is 6.09 Å². The van der Waals surface area contributed by atoms with E-state index in [1.54, 1.807) is 0 Å². The Hall–Kier alpha value is -1.26. The van der Waals surface area contributed by atoms with Gasteiger partial charge in [0.15, 0.2) is 0 Å². The van der Waals surface area contributed by atoms with Crippen LogP contribution in [0.1, 0.15) is 5.56 Å². The standard InChI is InChI=1S/C8H10N2O2.ClH/c9-10-8(11)12-6-7-4-2-1-3-5-7;/h1-5H,6,9H2,(H,10,11);1H/p-1. The molecule has 0 radical (unpaired) electrons. The lowest BCUT2D eigenvalue weighted by Crippen LogP contribution is -3.00. The molecule has 0 aliphatic rings. The Bertz CT molecular complexity index is 254. The lowest BCUT2D eigenvalue weighted by atomic mass is 10.2. The van der Waals surface area contributed by atoms with Gasteiger partial charge in [-0.1, -0.05) is 30.3 Å². The van der Waals surface area contributed by atoms with Gasteiger partial charge in [-0.15, -0.1) is 0 Å². The topological polar surface area (TPSA) is 64.3 Å². The number of hydrogen-bond acceptors (Lipinski definition) is 3. The number of carbonyl (C=O) groups excluding carboxylic acids is 1. The average Bonchev–Trinajstić information content (AvgIpc) is 2.16. The number of halogens is 1. The molecule has 0 spiro atoms. The Balaban J connectivity index is 0.00000144. The second-order valence-corrected chi connectivity index (χ2v) is 2.21. The lowest BCUT2D eigenvalue weighted by molar-refractivity contribution is -0.00000825. The molecule has 0 aliphatic carbocycles. The van der Waals surface area contributed by atoms with Gasteiger partial charge in [-0.25, -0.2) is 10.6 Å². The van der Waals surface area contributed by atoms with E-state index >= 15 is 0 Å². The van der Waals surface area contributed by atoms with Crippen LogP contribution in [-0.2, 0) is 11.3 Å². The van der Waals surface area contributed by atoms with Crippen molar-refractivity contribution in [3.05, 3.63) is 35.9 Å². The summed E-state index contributed by atoms with van der Waals surface area (Å²) in [5.41, 5.74) is 2.81. The van der Waals surface area contributed by atoms with E-state index in [4.69, 9.17) is 10.6 Å². The summed E-state index contributed by atoms with van der Waals surface area (Å²) in [5.74, 6) is 4.81. The van der Waals surface area contributed by atoms with Gasteiger partial charge in [0, 0.05) is 0 Å². The van der Waals surface area contributed by atoms with Gasteiger partial charge in [-0.05, 0) is 5.56 Å². The number of rotatable bonds is 2. The minimum atomic E-state index is -0.626. The Morgan fingerprint density at radius 2 is 2.00 bits per heavy atom. The summed E-state index contributed by atoms with van der Waals surface area (Å²) in [4.78, 5) is 10.5. The van der Waals surface area contributed by atoms with E-state index in [9.17, 15) is 4.79 Å². The van der Waals surface area contributed by atoms with Crippen molar-refractivity contribution in [1.82, 2.24) is 5.43 Å². The molecule has 5 heteroatoms. The Morgan fingerprint density at radius 1 is 1.38 bits per heavy atom. The molecule has 0 fully saturated rings. The first-order chi connectivity index (χ1) is 5.83. The highest BCUT2D eigenvalue weighted by Crippen LogP contribution is 1.99. The molecule has 0 saturated heterocycles. The fraction of sp³-hybridized carbons (Fsp3) is 0.125. The summed E-state index contributed by atoms with van der Waals surface area (Å²) < 4.78 is 4.70. The maximum Gasteiger partial charge on any atom is 0.421 e. The highest BCUT2D eigenvalue weighted by Gasteiger charge is 1.97.